The number of alkyl carbamates (subject to hydrolysis) is 1. The van der Waals surface area contributed by atoms with Gasteiger partial charge < -0.3 is 20.7 Å². The van der Waals surface area contributed by atoms with Gasteiger partial charge in [0.15, 0.2) is 0 Å². The quantitative estimate of drug-likeness (QED) is 0.737. The van der Waals surface area contributed by atoms with Gasteiger partial charge in [0, 0.05) is 30.8 Å². The van der Waals surface area contributed by atoms with Gasteiger partial charge in [0.2, 0.25) is 5.91 Å². The maximum absolute atomic E-state index is 12.6. The summed E-state index contributed by atoms with van der Waals surface area (Å²) in [5, 5.41) is 8.52. The molecule has 7 heteroatoms. The van der Waals surface area contributed by atoms with E-state index in [1.807, 2.05) is 20.8 Å². The molecule has 148 valence electrons. The molecule has 0 aliphatic heterocycles. The molecular weight excluding hydrogens is 346 g/mol. The van der Waals surface area contributed by atoms with Crippen LogP contribution in [0.2, 0.25) is 0 Å². The van der Waals surface area contributed by atoms with E-state index in [2.05, 4.69) is 16.0 Å². The van der Waals surface area contributed by atoms with Crippen LogP contribution in [-0.2, 0) is 9.53 Å². The Morgan fingerprint density at radius 3 is 2.59 bits per heavy atom. The standard InChI is InChI=1S/C20H29N3O4/c1-13(24)22-16-9-5-7-14(11-16)18(25)23-17-10-6-8-15(17)12-21-19(26)27-20(2,3)4/h5,7,9,11,15,17H,6,8,10,12H2,1-4H3,(H,21,26)(H,22,24)(H,23,25). The van der Waals surface area contributed by atoms with Crippen molar-refractivity contribution in [2.24, 2.45) is 5.92 Å². The number of hydrogen-bond acceptors (Lipinski definition) is 4. The molecule has 0 bridgehead atoms. The molecule has 1 aliphatic rings. The molecule has 27 heavy (non-hydrogen) atoms. The summed E-state index contributed by atoms with van der Waals surface area (Å²) in [7, 11) is 0. The van der Waals surface area contributed by atoms with Crippen molar-refractivity contribution in [1.29, 1.82) is 0 Å². The first-order chi connectivity index (χ1) is 12.6. The molecule has 0 heterocycles. The molecule has 0 saturated heterocycles. The number of carbonyl (C=O) groups excluding carboxylic acids is 3. The van der Waals surface area contributed by atoms with Gasteiger partial charge in [0.05, 0.1) is 0 Å². The lowest BCUT2D eigenvalue weighted by Crippen LogP contribution is -2.43. The Bertz CT molecular complexity index is 697. The van der Waals surface area contributed by atoms with Gasteiger partial charge in [-0.05, 0) is 57.7 Å². The summed E-state index contributed by atoms with van der Waals surface area (Å²) in [5.41, 5.74) is 0.545. The van der Waals surface area contributed by atoms with Crippen molar-refractivity contribution >= 4 is 23.6 Å². The number of amides is 3. The zero-order valence-corrected chi connectivity index (χ0v) is 16.4. The SMILES string of the molecule is CC(=O)Nc1cccc(C(=O)NC2CCCC2CNC(=O)OC(C)(C)C)c1. The van der Waals surface area contributed by atoms with Crippen molar-refractivity contribution in [2.45, 2.75) is 58.6 Å². The predicted molar refractivity (Wildman–Crippen MR) is 104 cm³/mol. The summed E-state index contributed by atoms with van der Waals surface area (Å²) in [6.07, 6.45) is 2.37. The first kappa shape index (κ1) is 20.7. The molecule has 1 aromatic carbocycles. The lowest BCUT2D eigenvalue weighted by atomic mass is 10.0. The molecule has 1 saturated carbocycles. The molecule has 2 rings (SSSR count). The van der Waals surface area contributed by atoms with E-state index in [-0.39, 0.29) is 23.8 Å². The third kappa shape index (κ3) is 6.92. The smallest absolute Gasteiger partial charge is 0.407 e. The Hall–Kier alpha value is -2.57. The van der Waals surface area contributed by atoms with Crippen molar-refractivity contribution < 1.29 is 19.1 Å². The zero-order valence-electron chi connectivity index (χ0n) is 16.4. The summed E-state index contributed by atoms with van der Waals surface area (Å²) < 4.78 is 5.26. The minimum absolute atomic E-state index is 0.00291. The Labute approximate surface area is 160 Å². The fourth-order valence-electron chi connectivity index (χ4n) is 3.19. The van der Waals surface area contributed by atoms with Crippen molar-refractivity contribution in [3.8, 4) is 0 Å². The third-order valence-corrected chi connectivity index (χ3v) is 4.33. The lowest BCUT2D eigenvalue weighted by Gasteiger charge is -2.23. The molecule has 2 unspecified atom stereocenters. The average Bonchev–Trinajstić information content (AvgIpc) is 2.98. The Kier molecular flexibility index (Phi) is 6.82. The van der Waals surface area contributed by atoms with Crippen LogP contribution in [0.4, 0.5) is 10.5 Å². The van der Waals surface area contributed by atoms with E-state index in [1.54, 1.807) is 24.3 Å². The summed E-state index contributed by atoms with van der Waals surface area (Å²) >= 11 is 0. The molecule has 1 aliphatic carbocycles. The maximum atomic E-state index is 12.6. The van der Waals surface area contributed by atoms with Gasteiger partial charge >= 0.3 is 6.09 Å². The van der Waals surface area contributed by atoms with Gasteiger partial charge in [0.25, 0.3) is 5.91 Å². The Balaban J connectivity index is 1.91. The minimum atomic E-state index is -0.535. The van der Waals surface area contributed by atoms with E-state index >= 15 is 0 Å². The van der Waals surface area contributed by atoms with E-state index in [4.69, 9.17) is 4.74 Å². The van der Waals surface area contributed by atoms with Gasteiger partial charge in [-0.25, -0.2) is 4.79 Å². The molecule has 0 radical (unpaired) electrons. The number of nitrogens with one attached hydrogen (secondary N) is 3. The second kappa shape index (κ2) is 8.88. The highest BCUT2D eigenvalue weighted by Gasteiger charge is 2.29. The largest absolute Gasteiger partial charge is 0.444 e. The minimum Gasteiger partial charge on any atom is -0.444 e. The normalized spacial score (nSPS) is 19.3. The molecular formula is C20H29N3O4. The topological polar surface area (TPSA) is 96.5 Å². The van der Waals surface area contributed by atoms with Gasteiger partial charge in [-0.1, -0.05) is 12.5 Å². The molecule has 0 spiro atoms. The van der Waals surface area contributed by atoms with E-state index in [9.17, 15) is 14.4 Å². The highest BCUT2D eigenvalue weighted by molar-refractivity contribution is 5.97. The van der Waals surface area contributed by atoms with Crippen LogP contribution in [0.1, 0.15) is 57.3 Å². The fraction of sp³-hybridized carbons (Fsp3) is 0.550. The van der Waals surface area contributed by atoms with Crippen LogP contribution in [0, 0.1) is 5.92 Å². The number of anilines is 1. The highest BCUT2D eigenvalue weighted by Crippen LogP contribution is 2.25. The third-order valence-electron chi connectivity index (χ3n) is 4.33. The number of carbonyl (C=O) groups is 3. The summed E-state index contributed by atoms with van der Waals surface area (Å²) in [6, 6.07) is 6.83. The van der Waals surface area contributed by atoms with Crippen molar-refractivity contribution in [3.05, 3.63) is 29.8 Å². The Morgan fingerprint density at radius 1 is 1.19 bits per heavy atom. The van der Waals surface area contributed by atoms with Crippen LogP contribution in [0.25, 0.3) is 0 Å². The van der Waals surface area contributed by atoms with Crippen LogP contribution in [0.15, 0.2) is 24.3 Å². The van der Waals surface area contributed by atoms with Crippen LogP contribution in [0.3, 0.4) is 0 Å². The number of benzene rings is 1. The van der Waals surface area contributed by atoms with Crippen molar-refractivity contribution in [2.75, 3.05) is 11.9 Å². The van der Waals surface area contributed by atoms with Gasteiger partial charge in [-0.2, -0.15) is 0 Å². The second-order valence-electron chi connectivity index (χ2n) is 7.92. The molecule has 2 atom stereocenters. The molecule has 1 aromatic rings. The van der Waals surface area contributed by atoms with Gasteiger partial charge in [-0.15, -0.1) is 0 Å². The Morgan fingerprint density at radius 2 is 1.93 bits per heavy atom. The van der Waals surface area contributed by atoms with Crippen molar-refractivity contribution in [1.82, 2.24) is 10.6 Å². The van der Waals surface area contributed by atoms with Gasteiger partial charge in [-0.3, -0.25) is 9.59 Å². The average molecular weight is 375 g/mol. The molecule has 1 fully saturated rings. The maximum Gasteiger partial charge on any atom is 0.407 e. The van der Waals surface area contributed by atoms with E-state index in [1.165, 1.54) is 6.92 Å². The summed E-state index contributed by atoms with van der Waals surface area (Å²) in [4.78, 5) is 35.6. The lowest BCUT2D eigenvalue weighted by molar-refractivity contribution is -0.114. The molecule has 7 nitrogen and oxygen atoms in total. The molecule has 0 aromatic heterocycles. The van der Waals surface area contributed by atoms with Crippen LogP contribution < -0.4 is 16.0 Å². The molecule has 3 amide bonds. The number of hydrogen-bond donors (Lipinski definition) is 3. The van der Waals surface area contributed by atoms with E-state index in [0.29, 0.717) is 17.8 Å². The summed E-state index contributed by atoms with van der Waals surface area (Å²) in [5.74, 6) is -0.201. The van der Waals surface area contributed by atoms with Gasteiger partial charge in [0.1, 0.15) is 5.60 Å². The molecule has 3 N–H and O–H groups in total. The first-order valence-electron chi connectivity index (χ1n) is 9.29. The van der Waals surface area contributed by atoms with Crippen LogP contribution in [-0.4, -0.2) is 36.1 Å². The van der Waals surface area contributed by atoms with E-state index in [0.717, 1.165) is 19.3 Å². The predicted octanol–water partition coefficient (Wildman–Crippen LogP) is 3.07. The number of ether oxygens (including phenoxy) is 1. The van der Waals surface area contributed by atoms with Crippen LogP contribution in [0.5, 0.6) is 0 Å². The van der Waals surface area contributed by atoms with Crippen LogP contribution >= 0.6 is 0 Å². The number of rotatable bonds is 5. The fourth-order valence-corrected chi connectivity index (χ4v) is 3.19. The summed E-state index contributed by atoms with van der Waals surface area (Å²) in [6.45, 7) is 7.35. The van der Waals surface area contributed by atoms with E-state index < -0.39 is 11.7 Å². The second-order valence-corrected chi connectivity index (χ2v) is 7.92. The zero-order chi connectivity index (χ0) is 20.0. The monoisotopic (exact) mass is 375 g/mol. The first-order valence-corrected chi connectivity index (χ1v) is 9.29. The van der Waals surface area contributed by atoms with Crippen molar-refractivity contribution in [3.63, 3.8) is 0 Å². The highest BCUT2D eigenvalue weighted by atomic mass is 16.6.